The fraction of sp³-hybridized carbons (Fsp3) is 0.389. The van der Waals surface area contributed by atoms with Crippen molar-refractivity contribution in [3.63, 3.8) is 0 Å². The summed E-state index contributed by atoms with van der Waals surface area (Å²) in [6, 6.07) is 3.09. The van der Waals surface area contributed by atoms with Crippen molar-refractivity contribution >= 4 is 23.4 Å². The summed E-state index contributed by atoms with van der Waals surface area (Å²) >= 11 is 0. The van der Waals surface area contributed by atoms with Crippen molar-refractivity contribution in [2.75, 3.05) is 5.32 Å². The molecule has 3 amide bonds. The van der Waals surface area contributed by atoms with Crippen LogP contribution in [0.4, 0.5) is 18.9 Å². The van der Waals surface area contributed by atoms with Gasteiger partial charge in [0.05, 0.1) is 17.4 Å². The highest BCUT2D eigenvalue weighted by Gasteiger charge is 2.50. The minimum atomic E-state index is -4.53. The summed E-state index contributed by atoms with van der Waals surface area (Å²) in [5.74, 6) is -2.45. The summed E-state index contributed by atoms with van der Waals surface area (Å²) in [7, 11) is 0. The van der Waals surface area contributed by atoms with Gasteiger partial charge in [0.2, 0.25) is 17.7 Å². The van der Waals surface area contributed by atoms with E-state index >= 15 is 0 Å². The zero-order chi connectivity index (χ0) is 19.1. The number of hydrogen-bond acceptors (Lipinski definition) is 3. The Morgan fingerprint density at radius 3 is 2.27 bits per heavy atom. The molecular formula is C18H17F3N2O3. The summed E-state index contributed by atoms with van der Waals surface area (Å²) in [5, 5.41) is 2.35. The monoisotopic (exact) mass is 366 g/mol. The molecule has 2 aliphatic rings. The van der Waals surface area contributed by atoms with Gasteiger partial charge in [0.25, 0.3) is 0 Å². The van der Waals surface area contributed by atoms with E-state index in [2.05, 4.69) is 5.32 Å². The lowest BCUT2D eigenvalue weighted by molar-refractivity contribution is -0.146. The van der Waals surface area contributed by atoms with Gasteiger partial charge in [-0.05, 0) is 38.0 Å². The molecule has 5 nitrogen and oxygen atoms in total. The summed E-state index contributed by atoms with van der Waals surface area (Å²) in [6.45, 7) is 1.39. The number of alkyl halides is 3. The van der Waals surface area contributed by atoms with Gasteiger partial charge in [0.15, 0.2) is 0 Å². The number of rotatable bonds is 3. The maximum Gasteiger partial charge on any atom is 0.416 e. The van der Waals surface area contributed by atoms with E-state index in [0.29, 0.717) is 12.8 Å². The Bertz CT molecular complexity index is 762. The number of anilines is 1. The SMILES string of the molecule is C[C@@H](C(=O)Nc1cccc(C(F)(F)F)c1)N1C(=O)[C@H]2CC=CC[C@@H]2C1=O. The van der Waals surface area contributed by atoms with E-state index in [1.54, 1.807) is 0 Å². The second-order valence-electron chi connectivity index (χ2n) is 6.45. The number of halogens is 3. The number of imide groups is 1. The summed E-state index contributed by atoms with van der Waals surface area (Å²) < 4.78 is 38.3. The van der Waals surface area contributed by atoms with Crippen LogP contribution in [0.15, 0.2) is 36.4 Å². The van der Waals surface area contributed by atoms with E-state index in [1.807, 2.05) is 12.2 Å². The Hall–Kier alpha value is -2.64. The number of amides is 3. The highest BCUT2D eigenvalue weighted by Crippen LogP contribution is 2.36. The topological polar surface area (TPSA) is 66.5 Å². The van der Waals surface area contributed by atoms with Crippen LogP contribution in [-0.4, -0.2) is 28.7 Å². The van der Waals surface area contributed by atoms with Crippen molar-refractivity contribution in [3.05, 3.63) is 42.0 Å². The molecule has 0 aromatic heterocycles. The average Bonchev–Trinajstić information content (AvgIpc) is 2.85. The van der Waals surface area contributed by atoms with Crippen LogP contribution in [0.1, 0.15) is 25.3 Å². The molecule has 1 N–H and O–H groups in total. The minimum Gasteiger partial charge on any atom is -0.324 e. The summed E-state index contributed by atoms with van der Waals surface area (Å²) in [4.78, 5) is 38.3. The zero-order valence-corrected chi connectivity index (χ0v) is 13.9. The number of likely N-dealkylation sites (tertiary alicyclic amines) is 1. The van der Waals surface area contributed by atoms with Gasteiger partial charge in [-0.2, -0.15) is 13.2 Å². The first-order valence-electron chi connectivity index (χ1n) is 8.20. The second kappa shape index (κ2) is 6.59. The molecule has 1 aromatic carbocycles. The van der Waals surface area contributed by atoms with Crippen LogP contribution in [0.3, 0.4) is 0 Å². The summed E-state index contributed by atoms with van der Waals surface area (Å²) in [5.41, 5.74) is -0.941. The van der Waals surface area contributed by atoms with Gasteiger partial charge in [-0.1, -0.05) is 18.2 Å². The molecule has 1 aliphatic heterocycles. The number of benzene rings is 1. The van der Waals surface area contributed by atoms with Crippen LogP contribution in [0.5, 0.6) is 0 Å². The highest BCUT2D eigenvalue weighted by molar-refractivity contribution is 6.10. The fourth-order valence-electron chi connectivity index (χ4n) is 3.34. The Morgan fingerprint density at radius 2 is 1.73 bits per heavy atom. The smallest absolute Gasteiger partial charge is 0.324 e. The first kappa shape index (κ1) is 18.2. The molecule has 0 spiro atoms. The first-order chi connectivity index (χ1) is 12.2. The predicted octanol–water partition coefficient (Wildman–Crippen LogP) is 2.98. The van der Waals surface area contributed by atoms with Crippen molar-refractivity contribution in [2.24, 2.45) is 11.8 Å². The largest absolute Gasteiger partial charge is 0.416 e. The molecule has 0 radical (unpaired) electrons. The standard InChI is InChI=1S/C18H17F3N2O3/c1-10(23-16(25)13-7-2-3-8-14(13)17(23)26)15(24)22-12-6-4-5-11(9-12)18(19,20)21/h2-6,9-10,13-14H,7-8H2,1H3,(H,22,24)/t10-,13-,14-/m0/s1. The molecule has 1 saturated heterocycles. The minimum absolute atomic E-state index is 0.0464. The Kier molecular flexibility index (Phi) is 4.60. The molecule has 0 bridgehead atoms. The first-order valence-corrected chi connectivity index (χ1v) is 8.20. The van der Waals surface area contributed by atoms with E-state index in [0.717, 1.165) is 17.0 Å². The number of allylic oxidation sites excluding steroid dienone is 2. The molecule has 1 aliphatic carbocycles. The van der Waals surface area contributed by atoms with E-state index in [1.165, 1.54) is 19.1 Å². The van der Waals surface area contributed by atoms with Crippen molar-refractivity contribution in [3.8, 4) is 0 Å². The van der Waals surface area contributed by atoms with Crippen LogP contribution < -0.4 is 5.32 Å². The third-order valence-electron chi connectivity index (χ3n) is 4.77. The maximum absolute atomic E-state index is 12.8. The van der Waals surface area contributed by atoms with Crippen LogP contribution in [0.25, 0.3) is 0 Å². The van der Waals surface area contributed by atoms with Crippen LogP contribution in [-0.2, 0) is 20.6 Å². The van der Waals surface area contributed by atoms with Crippen molar-refractivity contribution in [1.82, 2.24) is 4.90 Å². The molecule has 1 fully saturated rings. The molecular weight excluding hydrogens is 349 g/mol. The molecule has 0 saturated carbocycles. The summed E-state index contributed by atoms with van der Waals surface area (Å²) in [6.07, 6.45) is 0.0454. The van der Waals surface area contributed by atoms with Crippen LogP contribution in [0.2, 0.25) is 0 Å². The highest BCUT2D eigenvalue weighted by atomic mass is 19.4. The molecule has 8 heteroatoms. The fourth-order valence-corrected chi connectivity index (χ4v) is 3.34. The van der Waals surface area contributed by atoms with Crippen LogP contribution >= 0.6 is 0 Å². The number of fused-ring (bicyclic) bond motifs is 1. The molecule has 3 atom stereocenters. The quantitative estimate of drug-likeness (QED) is 0.661. The third-order valence-corrected chi connectivity index (χ3v) is 4.77. The van der Waals surface area contributed by atoms with Gasteiger partial charge in [-0.25, -0.2) is 0 Å². The molecule has 3 rings (SSSR count). The maximum atomic E-state index is 12.8. The number of carbonyl (C=O) groups is 3. The third kappa shape index (κ3) is 3.23. The van der Waals surface area contributed by atoms with E-state index in [-0.39, 0.29) is 5.69 Å². The predicted molar refractivity (Wildman–Crippen MR) is 86.7 cm³/mol. The van der Waals surface area contributed by atoms with Gasteiger partial charge >= 0.3 is 6.18 Å². The number of carbonyl (C=O) groups excluding carboxylic acids is 3. The Labute approximate surface area is 147 Å². The van der Waals surface area contributed by atoms with E-state index < -0.39 is 47.3 Å². The lowest BCUT2D eigenvalue weighted by Gasteiger charge is -2.22. The van der Waals surface area contributed by atoms with E-state index in [4.69, 9.17) is 0 Å². The molecule has 0 unspecified atom stereocenters. The molecule has 1 heterocycles. The van der Waals surface area contributed by atoms with E-state index in [9.17, 15) is 27.6 Å². The van der Waals surface area contributed by atoms with Gasteiger partial charge in [-0.3, -0.25) is 19.3 Å². The van der Waals surface area contributed by atoms with Crippen LogP contribution in [0, 0.1) is 11.8 Å². The van der Waals surface area contributed by atoms with Crippen molar-refractivity contribution in [1.29, 1.82) is 0 Å². The molecule has 138 valence electrons. The molecule has 1 aromatic rings. The van der Waals surface area contributed by atoms with Crippen molar-refractivity contribution in [2.45, 2.75) is 32.0 Å². The number of hydrogen-bond donors (Lipinski definition) is 1. The number of nitrogens with one attached hydrogen (secondary N) is 1. The van der Waals surface area contributed by atoms with Gasteiger partial charge < -0.3 is 5.32 Å². The van der Waals surface area contributed by atoms with Gasteiger partial charge in [0.1, 0.15) is 6.04 Å². The van der Waals surface area contributed by atoms with Crippen molar-refractivity contribution < 1.29 is 27.6 Å². The van der Waals surface area contributed by atoms with Gasteiger partial charge in [0, 0.05) is 5.69 Å². The molecule has 26 heavy (non-hydrogen) atoms. The Morgan fingerprint density at radius 1 is 1.15 bits per heavy atom. The lowest BCUT2D eigenvalue weighted by Crippen LogP contribution is -2.46. The average molecular weight is 366 g/mol. The second-order valence-corrected chi connectivity index (χ2v) is 6.45. The Balaban J connectivity index is 1.74. The number of nitrogens with zero attached hydrogens (tertiary/aromatic N) is 1. The zero-order valence-electron chi connectivity index (χ0n) is 13.9. The lowest BCUT2D eigenvalue weighted by atomic mass is 9.85. The van der Waals surface area contributed by atoms with Gasteiger partial charge in [-0.15, -0.1) is 0 Å². The normalized spacial score (nSPS) is 23.8.